The Balaban J connectivity index is 1.50. The number of hydrogen-bond donors (Lipinski definition) is 1. The average Bonchev–Trinajstić information content (AvgIpc) is 3.28. The Labute approximate surface area is 204 Å². The standard InChI is InChI=1S/C23H25F3N6O4/c24-23(25,26)16-30-15-19(14-27-30)32-5-4-21(33)20(28-32)13-17-2-1-3-18(12-17)31(22(34)35)7-6-29-8-10-36-11-9-29/h1-5,12,14-15H,6-11,13,16H2,(H,34,35). The van der Waals surface area contributed by atoms with Gasteiger partial charge < -0.3 is 9.84 Å². The van der Waals surface area contributed by atoms with Gasteiger partial charge in [-0.25, -0.2) is 9.48 Å². The SMILES string of the molecule is O=C(O)N(CCN1CCOCC1)c1cccc(Cc2nn(-c3cnn(CC(F)(F)F)c3)ccc2=O)c1. The number of rotatable bonds is 8. The molecule has 13 heteroatoms. The fraction of sp³-hybridized carbons (Fsp3) is 0.391. The molecular weight excluding hydrogens is 481 g/mol. The number of nitrogens with zero attached hydrogens (tertiary/aromatic N) is 6. The monoisotopic (exact) mass is 506 g/mol. The first-order valence-corrected chi connectivity index (χ1v) is 11.3. The van der Waals surface area contributed by atoms with Gasteiger partial charge >= 0.3 is 12.3 Å². The van der Waals surface area contributed by atoms with E-state index in [1.165, 1.54) is 34.2 Å². The molecule has 192 valence electrons. The van der Waals surface area contributed by atoms with Crippen LogP contribution in [0.1, 0.15) is 11.3 Å². The number of benzene rings is 1. The molecule has 2 aromatic heterocycles. The molecule has 3 heterocycles. The quantitative estimate of drug-likeness (QED) is 0.500. The van der Waals surface area contributed by atoms with Gasteiger partial charge in [0.1, 0.15) is 17.9 Å². The van der Waals surface area contributed by atoms with E-state index in [9.17, 15) is 27.9 Å². The van der Waals surface area contributed by atoms with Gasteiger partial charge in [0.05, 0.1) is 25.6 Å². The van der Waals surface area contributed by atoms with Crippen molar-refractivity contribution in [1.82, 2.24) is 24.5 Å². The smallest absolute Gasteiger partial charge is 0.411 e. The Morgan fingerprint density at radius 2 is 1.97 bits per heavy atom. The minimum absolute atomic E-state index is 0.112. The molecule has 36 heavy (non-hydrogen) atoms. The van der Waals surface area contributed by atoms with Crippen molar-refractivity contribution in [3.05, 3.63) is 70.4 Å². The molecule has 1 aromatic carbocycles. The Morgan fingerprint density at radius 1 is 1.19 bits per heavy atom. The minimum Gasteiger partial charge on any atom is -0.465 e. The number of alkyl halides is 3. The van der Waals surface area contributed by atoms with Crippen LogP contribution in [0.15, 0.2) is 53.7 Å². The van der Waals surface area contributed by atoms with Crippen LogP contribution in [0.2, 0.25) is 0 Å². The maximum Gasteiger partial charge on any atom is 0.411 e. The number of aromatic nitrogens is 4. The fourth-order valence-corrected chi connectivity index (χ4v) is 3.88. The molecule has 0 saturated carbocycles. The molecular formula is C23H25F3N6O4. The lowest BCUT2D eigenvalue weighted by Gasteiger charge is -2.29. The van der Waals surface area contributed by atoms with Crippen LogP contribution in [0.5, 0.6) is 0 Å². The third-order valence-corrected chi connectivity index (χ3v) is 5.67. The number of ether oxygens (including phenoxy) is 1. The van der Waals surface area contributed by atoms with Crippen molar-refractivity contribution >= 4 is 11.8 Å². The van der Waals surface area contributed by atoms with Gasteiger partial charge in [-0.05, 0) is 17.7 Å². The zero-order valence-corrected chi connectivity index (χ0v) is 19.3. The Kier molecular flexibility index (Phi) is 7.70. The van der Waals surface area contributed by atoms with Gasteiger partial charge in [0, 0.05) is 50.6 Å². The van der Waals surface area contributed by atoms with E-state index in [1.807, 2.05) is 0 Å². The second kappa shape index (κ2) is 10.9. The second-order valence-corrected chi connectivity index (χ2v) is 8.32. The predicted molar refractivity (Wildman–Crippen MR) is 124 cm³/mol. The van der Waals surface area contributed by atoms with Crippen molar-refractivity contribution < 1.29 is 27.8 Å². The van der Waals surface area contributed by atoms with Crippen LogP contribution in [0.4, 0.5) is 23.7 Å². The molecule has 0 atom stereocenters. The van der Waals surface area contributed by atoms with Gasteiger partial charge in [-0.3, -0.25) is 19.3 Å². The zero-order valence-electron chi connectivity index (χ0n) is 19.3. The average molecular weight is 506 g/mol. The largest absolute Gasteiger partial charge is 0.465 e. The molecule has 0 unspecified atom stereocenters. The molecule has 10 nitrogen and oxygen atoms in total. The number of anilines is 1. The van der Waals surface area contributed by atoms with E-state index >= 15 is 0 Å². The number of morpholine rings is 1. The number of carbonyl (C=O) groups is 1. The van der Waals surface area contributed by atoms with E-state index in [0.29, 0.717) is 31.0 Å². The Morgan fingerprint density at radius 3 is 2.69 bits per heavy atom. The summed E-state index contributed by atoms with van der Waals surface area (Å²) in [4.78, 5) is 27.8. The highest BCUT2D eigenvalue weighted by Gasteiger charge is 2.28. The summed E-state index contributed by atoms with van der Waals surface area (Å²) in [6.07, 6.45) is -1.61. The summed E-state index contributed by atoms with van der Waals surface area (Å²) < 4.78 is 45.2. The summed E-state index contributed by atoms with van der Waals surface area (Å²) in [5, 5.41) is 17.7. The summed E-state index contributed by atoms with van der Waals surface area (Å²) in [7, 11) is 0. The molecule has 1 N–H and O–H groups in total. The Hall–Kier alpha value is -3.71. The second-order valence-electron chi connectivity index (χ2n) is 8.32. The van der Waals surface area contributed by atoms with E-state index in [4.69, 9.17) is 4.74 Å². The summed E-state index contributed by atoms with van der Waals surface area (Å²) >= 11 is 0. The minimum atomic E-state index is -4.41. The van der Waals surface area contributed by atoms with Gasteiger partial charge in [-0.2, -0.15) is 23.4 Å². The number of hydrogen-bond acceptors (Lipinski definition) is 6. The van der Waals surface area contributed by atoms with Crippen molar-refractivity contribution in [2.24, 2.45) is 0 Å². The molecule has 1 fully saturated rings. The highest BCUT2D eigenvalue weighted by Crippen LogP contribution is 2.19. The van der Waals surface area contributed by atoms with Crippen molar-refractivity contribution in [2.75, 3.05) is 44.3 Å². The molecule has 4 rings (SSSR count). The molecule has 1 aliphatic rings. The number of halogens is 3. The molecule has 1 aliphatic heterocycles. The summed E-state index contributed by atoms with van der Waals surface area (Å²) in [5.41, 5.74) is 1.22. The first-order valence-electron chi connectivity index (χ1n) is 11.3. The van der Waals surface area contributed by atoms with Gasteiger partial charge in [0.25, 0.3) is 0 Å². The molecule has 0 radical (unpaired) electrons. The van der Waals surface area contributed by atoms with Crippen LogP contribution >= 0.6 is 0 Å². The first-order chi connectivity index (χ1) is 17.2. The third-order valence-electron chi connectivity index (χ3n) is 5.67. The van der Waals surface area contributed by atoms with E-state index < -0.39 is 18.8 Å². The van der Waals surface area contributed by atoms with Crippen LogP contribution in [-0.4, -0.2) is 81.2 Å². The van der Waals surface area contributed by atoms with E-state index in [1.54, 1.807) is 24.3 Å². The number of amides is 1. The molecule has 0 aliphatic carbocycles. The van der Waals surface area contributed by atoms with Crippen molar-refractivity contribution in [2.45, 2.75) is 19.1 Å². The lowest BCUT2D eigenvalue weighted by molar-refractivity contribution is -0.142. The fourth-order valence-electron chi connectivity index (χ4n) is 3.88. The highest BCUT2D eigenvalue weighted by atomic mass is 19.4. The van der Waals surface area contributed by atoms with Crippen molar-refractivity contribution in [3.8, 4) is 5.69 Å². The van der Waals surface area contributed by atoms with Crippen LogP contribution in [0.3, 0.4) is 0 Å². The van der Waals surface area contributed by atoms with Crippen molar-refractivity contribution in [3.63, 3.8) is 0 Å². The van der Waals surface area contributed by atoms with Crippen molar-refractivity contribution in [1.29, 1.82) is 0 Å². The predicted octanol–water partition coefficient (Wildman–Crippen LogP) is 2.40. The Bertz CT molecular complexity index is 1250. The van der Waals surface area contributed by atoms with E-state index in [2.05, 4.69) is 15.1 Å². The van der Waals surface area contributed by atoms with Gasteiger partial charge in [0.15, 0.2) is 0 Å². The van der Waals surface area contributed by atoms with E-state index in [-0.39, 0.29) is 29.8 Å². The maximum atomic E-state index is 12.6. The third kappa shape index (κ3) is 6.70. The first kappa shape index (κ1) is 25.4. The molecule has 0 spiro atoms. The summed E-state index contributed by atoms with van der Waals surface area (Å²) in [6.45, 7) is 2.33. The summed E-state index contributed by atoms with van der Waals surface area (Å²) in [6, 6.07) is 8.11. The zero-order chi connectivity index (χ0) is 25.7. The van der Waals surface area contributed by atoms with Crippen LogP contribution in [-0.2, 0) is 17.7 Å². The van der Waals surface area contributed by atoms with Gasteiger partial charge in [-0.1, -0.05) is 12.1 Å². The molecule has 0 bridgehead atoms. The molecule has 1 saturated heterocycles. The lowest BCUT2D eigenvalue weighted by Crippen LogP contribution is -2.42. The van der Waals surface area contributed by atoms with Crippen LogP contribution in [0, 0.1) is 0 Å². The molecule has 1 amide bonds. The van der Waals surface area contributed by atoms with Gasteiger partial charge in [-0.15, -0.1) is 0 Å². The normalized spacial score (nSPS) is 14.6. The lowest BCUT2D eigenvalue weighted by atomic mass is 10.1. The summed E-state index contributed by atoms with van der Waals surface area (Å²) in [5.74, 6) is 0. The van der Waals surface area contributed by atoms with Gasteiger partial charge in [0.2, 0.25) is 5.43 Å². The topological polar surface area (TPSA) is 106 Å². The van der Waals surface area contributed by atoms with E-state index in [0.717, 1.165) is 17.8 Å². The maximum absolute atomic E-state index is 12.6. The van der Waals surface area contributed by atoms with Crippen LogP contribution < -0.4 is 10.3 Å². The molecule has 3 aromatic rings. The highest BCUT2D eigenvalue weighted by molar-refractivity contribution is 5.86. The number of carboxylic acid groups (broad SMARTS) is 1. The van der Waals surface area contributed by atoms with Crippen LogP contribution in [0.25, 0.3) is 5.69 Å².